The molecule has 1 N–H and O–H groups in total. The van der Waals surface area contributed by atoms with Crippen LogP contribution in [-0.4, -0.2) is 20.7 Å². The summed E-state index contributed by atoms with van der Waals surface area (Å²) >= 11 is 6.14. The van der Waals surface area contributed by atoms with Gasteiger partial charge in [0.1, 0.15) is 11.5 Å². The lowest BCUT2D eigenvalue weighted by Gasteiger charge is -2.05. The molecule has 0 aliphatic heterocycles. The number of benzene rings is 2. The van der Waals surface area contributed by atoms with Crippen LogP contribution in [0.25, 0.3) is 22.2 Å². The van der Waals surface area contributed by atoms with E-state index >= 15 is 0 Å². The smallest absolute Gasteiger partial charge is 0.224 e. The number of carbonyl (C=O) groups excluding carboxylic acids is 1. The number of rotatable bonds is 5. The fourth-order valence-electron chi connectivity index (χ4n) is 2.99. The lowest BCUT2D eigenvalue weighted by Crippen LogP contribution is -2.24. The highest BCUT2D eigenvalue weighted by Gasteiger charge is 2.12. The Balaban J connectivity index is 1.49. The number of aryl methyl sites for hydroxylation is 1. The first-order valence-electron chi connectivity index (χ1n) is 8.46. The standard InChI is InChI=1S/C20H17ClN4O2/c1-25-18-7-6-15(21)9-17(18)20(24-25)14-4-2-13(3-5-14)8-19(26)23-11-16-10-22-12-27-16/h2-7,9-10,12H,8,11H2,1H3,(H,23,26). The van der Waals surface area contributed by atoms with E-state index in [0.29, 0.717) is 23.7 Å². The summed E-state index contributed by atoms with van der Waals surface area (Å²) in [5.41, 5.74) is 3.79. The van der Waals surface area contributed by atoms with Gasteiger partial charge in [0.2, 0.25) is 5.91 Å². The number of hydrogen-bond acceptors (Lipinski definition) is 4. The van der Waals surface area contributed by atoms with Crippen LogP contribution in [0.15, 0.2) is 59.5 Å². The Hall–Kier alpha value is -3.12. The summed E-state index contributed by atoms with van der Waals surface area (Å²) in [5, 5.41) is 9.10. The number of nitrogens with zero attached hydrogens (tertiary/aromatic N) is 3. The number of hydrogen-bond donors (Lipinski definition) is 1. The van der Waals surface area contributed by atoms with Crippen LogP contribution < -0.4 is 5.32 Å². The van der Waals surface area contributed by atoms with Gasteiger partial charge in [0.05, 0.1) is 24.7 Å². The monoisotopic (exact) mass is 380 g/mol. The van der Waals surface area contributed by atoms with Crippen LogP contribution in [0, 0.1) is 0 Å². The highest BCUT2D eigenvalue weighted by atomic mass is 35.5. The van der Waals surface area contributed by atoms with Gasteiger partial charge in [0.15, 0.2) is 6.39 Å². The molecule has 0 bridgehead atoms. The molecule has 0 saturated carbocycles. The summed E-state index contributed by atoms with van der Waals surface area (Å²) in [7, 11) is 1.91. The Morgan fingerprint density at radius 2 is 2.04 bits per heavy atom. The second-order valence-corrected chi connectivity index (χ2v) is 6.69. The highest BCUT2D eigenvalue weighted by molar-refractivity contribution is 6.31. The molecule has 0 saturated heterocycles. The van der Waals surface area contributed by atoms with Crippen LogP contribution in [0.1, 0.15) is 11.3 Å². The number of nitrogens with one attached hydrogen (secondary N) is 1. The number of amides is 1. The Morgan fingerprint density at radius 1 is 1.22 bits per heavy atom. The number of aromatic nitrogens is 3. The molecule has 2 aromatic heterocycles. The highest BCUT2D eigenvalue weighted by Crippen LogP contribution is 2.29. The maximum absolute atomic E-state index is 12.1. The minimum atomic E-state index is -0.0748. The zero-order valence-corrected chi connectivity index (χ0v) is 15.4. The maximum Gasteiger partial charge on any atom is 0.224 e. The van der Waals surface area contributed by atoms with Crippen LogP contribution in [0.2, 0.25) is 5.02 Å². The molecule has 0 atom stereocenters. The third-order valence-corrected chi connectivity index (χ3v) is 4.58. The van der Waals surface area contributed by atoms with Gasteiger partial charge in [-0.1, -0.05) is 35.9 Å². The van der Waals surface area contributed by atoms with Crippen molar-refractivity contribution in [2.24, 2.45) is 7.05 Å². The molecule has 4 rings (SSSR count). The van der Waals surface area contributed by atoms with Crippen LogP contribution in [0.3, 0.4) is 0 Å². The molecule has 2 aromatic carbocycles. The van der Waals surface area contributed by atoms with Gasteiger partial charge >= 0.3 is 0 Å². The Labute approximate surface area is 160 Å². The summed E-state index contributed by atoms with van der Waals surface area (Å²) < 4.78 is 6.94. The van der Waals surface area contributed by atoms with Gasteiger partial charge in [-0.2, -0.15) is 5.10 Å². The molecule has 0 aliphatic carbocycles. The first-order chi connectivity index (χ1) is 13.1. The normalized spacial score (nSPS) is 11.0. The predicted molar refractivity (Wildman–Crippen MR) is 103 cm³/mol. The van der Waals surface area contributed by atoms with Crippen molar-refractivity contribution in [3.05, 3.63) is 71.4 Å². The topological polar surface area (TPSA) is 73.0 Å². The molecular formula is C20H17ClN4O2. The summed E-state index contributed by atoms with van der Waals surface area (Å²) in [6.45, 7) is 0.331. The predicted octanol–water partition coefficient (Wildman–Crippen LogP) is 3.74. The molecule has 136 valence electrons. The molecule has 0 aliphatic rings. The van der Waals surface area contributed by atoms with E-state index in [9.17, 15) is 4.79 Å². The average molecular weight is 381 g/mol. The Morgan fingerprint density at radius 3 is 2.78 bits per heavy atom. The van der Waals surface area contributed by atoms with Crippen molar-refractivity contribution in [1.82, 2.24) is 20.1 Å². The lowest BCUT2D eigenvalue weighted by atomic mass is 10.0. The molecule has 0 unspecified atom stereocenters. The number of fused-ring (bicyclic) bond motifs is 1. The van der Waals surface area contributed by atoms with Gasteiger partial charge < -0.3 is 9.73 Å². The number of carbonyl (C=O) groups is 1. The van der Waals surface area contributed by atoms with Crippen LogP contribution in [-0.2, 0) is 24.8 Å². The van der Waals surface area contributed by atoms with Crippen molar-refractivity contribution in [1.29, 1.82) is 0 Å². The largest absolute Gasteiger partial charge is 0.447 e. The molecule has 6 nitrogen and oxygen atoms in total. The molecule has 1 amide bonds. The van der Waals surface area contributed by atoms with Crippen LogP contribution in [0.5, 0.6) is 0 Å². The van der Waals surface area contributed by atoms with E-state index in [1.165, 1.54) is 6.39 Å². The Bertz CT molecular complexity index is 1090. The first kappa shape index (κ1) is 17.3. The fraction of sp³-hybridized carbons (Fsp3) is 0.150. The average Bonchev–Trinajstić information content (AvgIpc) is 3.29. The van der Waals surface area contributed by atoms with Gasteiger partial charge in [-0.25, -0.2) is 4.98 Å². The van der Waals surface area contributed by atoms with E-state index in [1.807, 2.05) is 54.2 Å². The number of halogens is 1. The van der Waals surface area contributed by atoms with Crippen molar-refractivity contribution in [2.45, 2.75) is 13.0 Å². The van der Waals surface area contributed by atoms with E-state index in [1.54, 1.807) is 6.20 Å². The zero-order chi connectivity index (χ0) is 18.8. The van der Waals surface area contributed by atoms with Crippen molar-refractivity contribution in [3.8, 4) is 11.3 Å². The molecular weight excluding hydrogens is 364 g/mol. The summed E-state index contributed by atoms with van der Waals surface area (Å²) in [6.07, 6.45) is 3.22. The number of oxazole rings is 1. The zero-order valence-electron chi connectivity index (χ0n) is 14.6. The SMILES string of the molecule is Cn1nc(-c2ccc(CC(=O)NCc3cnco3)cc2)c2cc(Cl)ccc21. The van der Waals surface area contributed by atoms with Gasteiger partial charge in [-0.15, -0.1) is 0 Å². The first-order valence-corrected chi connectivity index (χ1v) is 8.83. The molecule has 0 radical (unpaired) electrons. The van der Waals surface area contributed by atoms with Crippen molar-refractivity contribution >= 4 is 28.4 Å². The molecule has 4 aromatic rings. The molecule has 2 heterocycles. The van der Waals surface area contributed by atoms with Crippen molar-refractivity contribution < 1.29 is 9.21 Å². The second-order valence-electron chi connectivity index (χ2n) is 6.25. The molecule has 7 heteroatoms. The molecule has 0 fully saturated rings. The Kier molecular flexibility index (Phi) is 4.64. The second kappa shape index (κ2) is 7.25. The van der Waals surface area contributed by atoms with Gasteiger partial charge in [-0.3, -0.25) is 9.48 Å². The third kappa shape index (κ3) is 3.71. The van der Waals surface area contributed by atoms with Gasteiger partial charge in [0.25, 0.3) is 0 Å². The van der Waals surface area contributed by atoms with Crippen LogP contribution in [0.4, 0.5) is 0 Å². The third-order valence-electron chi connectivity index (χ3n) is 4.35. The van der Waals surface area contributed by atoms with Crippen LogP contribution >= 0.6 is 11.6 Å². The van der Waals surface area contributed by atoms with E-state index in [0.717, 1.165) is 27.7 Å². The van der Waals surface area contributed by atoms with E-state index in [-0.39, 0.29) is 5.91 Å². The van der Waals surface area contributed by atoms with Crippen molar-refractivity contribution in [3.63, 3.8) is 0 Å². The minimum absolute atomic E-state index is 0.0748. The minimum Gasteiger partial charge on any atom is -0.447 e. The van der Waals surface area contributed by atoms with E-state index in [2.05, 4.69) is 15.4 Å². The summed E-state index contributed by atoms with van der Waals surface area (Å²) in [4.78, 5) is 15.9. The maximum atomic E-state index is 12.1. The quantitative estimate of drug-likeness (QED) is 0.572. The summed E-state index contributed by atoms with van der Waals surface area (Å²) in [6, 6.07) is 13.6. The molecule has 27 heavy (non-hydrogen) atoms. The van der Waals surface area contributed by atoms with E-state index in [4.69, 9.17) is 16.0 Å². The molecule has 0 spiro atoms. The van der Waals surface area contributed by atoms with Gasteiger partial charge in [-0.05, 0) is 23.8 Å². The summed E-state index contributed by atoms with van der Waals surface area (Å²) in [5.74, 6) is 0.550. The van der Waals surface area contributed by atoms with Crippen molar-refractivity contribution in [2.75, 3.05) is 0 Å². The van der Waals surface area contributed by atoms with Gasteiger partial charge in [0, 0.05) is 23.0 Å². The lowest BCUT2D eigenvalue weighted by molar-refractivity contribution is -0.120. The van der Waals surface area contributed by atoms with E-state index < -0.39 is 0 Å². The fourth-order valence-corrected chi connectivity index (χ4v) is 3.17.